The molecule has 0 heterocycles. The van der Waals surface area contributed by atoms with Gasteiger partial charge < -0.3 is 9.47 Å². The number of carbonyl (C=O) groups is 3. The van der Waals surface area contributed by atoms with Crippen LogP contribution in [-0.4, -0.2) is 31.3 Å². The van der Waals surface area contributed by atoms with Gasteiger partial charge in [0.05, 0.1) is 18.7 Å². The first-order valence-corrected chi connectivity index (χ1v) is 8.88. The Kier molecular flexibility index (Phi) is 7.98. The van der Waals surface area contributed by atoms with Crippen LogP contribution in [0.2, 0.25) is 10.0 Å². The number of Topliss-reactive ketones (excluding diaryl/α,β-unsaturated/α-hetero) is 2. The van der Waals surface area contributed by atoms with E-state index in [1.165, 1.54) is 18.2 Å². The molecule has 0 N–H and O–H groups in total. The molecule has 0 saturated heterocycles. The molecule has 0 aromatic heterocycles. The van der Waals surface area contributed by atoms with Crippen LogP contribution >= 0.6 is 23.2 Å². The van der Waals surface area contributed by atoms with Gasteiger partial charge in [-0.15, -0.1) is 0 Å². The summed E-state index contributed by atoms with van der Waals surface area (Å²) < 4.78 is 10.0. The van der Waals surface area contributed by atoms with E-state index in [1.807, 2.05) is 30.3 Å². The molecule has 0 bridgehead atoms. The largest absolute Gasteiger partial charge is 0.468 e. The van der Waals surface area contributed by atoms with E-state index in [4.69, 9.17) is 27.9 Å². The molecular formula is C20H18Cl2O5. The predicted octanol–water partition coefficient (Wildman–Crippen LogP) is 4.14. The second-order valence-electron chi connectivity index (χ2n) is 5.77. The highest BCUT2D eigenvalue weighted by atomic mass is 35.5. The number of ketones is 2. The molecule has 1 unspecified atom stereocenters. The van der Waals surface area contributed by atoms with Gasteiger partial charge in [-0.1, -0.05) is 53.5 Å². The average Bonchev–Trinajstić information content (AvgIpc) is 2.66. The van der Waals surface area contributed by atoms with E-state index in [2.05, 4.69) is 4.74 Å². The summed E-state index contributed by atoms with van der Waals surface area (Å²) in [6, 6.07) is 13.7. The van der Waals surface area contributed by atoms with Gasteiger partial charge in [0.15, 0.2) is 11.6 Å². The van der Waals surface area contributed by atoms with E-state index < -0.39 is 23.5 Å². The Hall–Kier alpha value is -2.21. The van der Waals surface area contributed by atoms with Crippen molar-refractivity contribution in [1.29, 1.82) is 0 Å². The first-order valence-electron chi connectivity index (χ1n) is 8.13. The highest BCUT2D eigenvalue weighted by Gasteiger charge is 2.31. The highest BCUT2D eigenvalue weighted by molar-refractivity contribution is 6.36. The zero-order valence-corrected chi connectivity index (χ0v) is 16.1. The third kappa shape index (κ3) is 6.17. The standard InChI is InChI=1S/C20H18Cl2O5/c1-26-20(25)16(10-18(23)15-8-7-14(21)9-17(15)22)19(24)12-27-11-13-5-3-2-4-6-13/h2-9,16H,10-12H2,1H3. The fourth-order valence-corrected chi connectivity index (χ4v) is 2.94. The number of hydrogen-bond acceptors (Lipinski definition) is 5. The van der Waals surface area contributed by atoms with Crippen LogP contribution in [0.4, 0.5) is 0 Å². The van der Waals surface area contributed by atoms with Crippen LogP contribution in [0.1, 0.15) is 22.3 Å². The van der Waals surface area contributed by atoms with E-state index in [-0.39, 0.29) is 30.2 Å². The maximum atomic E-state index is 12.5. The highest BCUT2D eigenvalue weighted by Crippen LogP contribution is 2.24. The SMILES string of the molecule is COC(=O)C(CC(=O)c1ccc(Cl)cc1Cl)C(=O)COCc1ccccc1. The van der Waals surface area contributed by atoms with Gasteiger partial charge in [0, 0.05) is 17.0 Å². The van der Waals surface area contributed by atoms with Gasteiger partial charge in [-0.2, -0.15) is 0 Å². The maximum Gasteiger partial charge on any atom is 0.316 e. The van der Waals surface area contributed by atoms with Crippen molar-refractivity contribution in [2.75, 3.05) is 13.7 Å². The van der Waals surface area contributed by atoms with Crippen molar-refractivity contribution in [2.45, 2.75) is 13.0 Å². The van der Waals surface area contributed by atoms with Crippen molar-refractivity contribution in [2.24, 2.45) is 5.92 Å². The van der Waals surface area contributed by atoms with Gasteiger partial charge >= 0.3 is 5.97 Å². The smallest absolute Gasteiger partial charge is 0.316 e. The van der Waals surface area contributed by atoms with E-state index in [0.29, 0.717) is 5.02 Å². The van der Waals surface area contributed by atoms with Gasteiger partial charge in [0.1, 0.15) is 12.5 Å². The molecule has 2 aromatic rings. The van der Waals surface area contributed by atoms with Crippen molar-refractivity contribution in [1.82, 2.24) is 0 Å². The molecule has 1 atom stereocenters. The van der Waals surface area contributed by atoms with Gasteiger partial charge in [-0.3, -0.25) is 14.4 Å². The Morgan fingerprint density at radius 2 is 1.74 bits per heavy atom. The zero-order valence-electron chi connectivity index (χ0n) is 14.6. The molecule has 5 nitrogen and oxygen atoms in total. The summed E-state index contributed by atoms with van der Waals surface area (Å²) in [4.78, 5) is 36.9. The van der Waals surface area contributed by atoms with Gasteiger partial charge in [0.25, 0.3) is 0 Å². The van der Waals surface area contributed by atoms with Gasteiger partial charge in [-0.25, -0.2) is 0 Å². The second kappa shape index (κ2) is 10.2. The lowest BCUT2D eigenvalue weighted by Gasteiger charge is -2.14. The van der Waals surface area contributed by atoms with Crippen LogP contribution in [0.3, 0.4) is 0 Å². The number of ether oxygens (including phenoxy) is 2. The Morgan fingerprint density at radius 1 is 1.04 bits per heavy atom. The maximum absolute atomic E-state index is 12.5. The third-order valence-corrected chi connectivity index (χ3v) is 4.40. The average molecular weight is 409 g/mol. The van der Waals surface area contributed by atoms with E-state index in [1.54, 1.807) is 0 Å². The van der Waals surface area contributed by atoms with Crippen molar-refractivity contribution < 1.29 is 23.9 Å². The summed E-state index contributed by atoms with van der Waals surface area (Å²) in [6.45, 7) is -0.0896. The molecule has 2 rings (SSSR count). The van der Waals surface area contributed by atoms with Crippen LogP contribution in [-0.2, 0) is 25.7 Å². The molecular weight excluding hydrogens is 391 g/mol. The number of halogens is 2. The number of carbonyl (C=O) groups excluding carboxylic acids is 3. The topological polar surface area (TPSA) is 69.7 Å². The Bertz CT molecular complexity index is 820. The lowest BCUT2D eigenvalue weighted by atomic mass is 9.94. The molecule has 0 fully saturated rings. The van der Waals surface area contributed by atoms with E-state index >= 15 is 0 Å². The fraction of sp³-hybridized carbons (Fsp3) is 0.250. The summed E-state index contributed by atoms with van der Waals surface area (Å²) in [5.41, 5.74) is 1.08. The Morgan fingerprint density at radius 3 is 2.37 bits per heavy atom. The summed E-state index contributed by atoms with van der Waals surface area (Å²) in [7, 11) is 1.16. The molecule has 2 aromatic carbocycles. The molecule has 0 saturated carbocycles. The molecule has 0 aliphatic carbocycles. The molecule has 7 heteroatoms. The van der Waals surface area contributed by atoms with Crippen LogP contribution < -0.4 is 0 Å². The lowest BCUT2D eigenvalue weighted by Crippen LogP contribution is -2.30. The van der Waals surface area contributed by atoms with Crippen molar-refractivity contribution in [3.63, 3.8) is 0 Å². The first kappa shape index (κ1) is 21.1. The minimum atomic E-state index is -1.26. The lowest BCUT2D eigenvalue weighted by molar-refractivity contribution is -0.150. The molecule has 142 valence electrons. The van der Waals surface area contributed by atoms with E-state index in [0.717, 1.165) is 12.7 Å². The molecule has 0 amide bonds. The number of methoxy groups -OCH3 is 1. The monoisotopic (exact) mass is 408 g/mol. The predicted molar refractivity (Wildman–Crippen MR) is 102 cm³/mol. The molecule has 27 heavy (non-hydrogen) atoms. The van der Waals surface area contributed by atoms with Crippen LogP contribution in [0.15, 0.2) is 48.5 Å². The summed E-state index contributed by atoms with van der Waals surface area (Å²) >= 11 is 11.8. The Labute approximate surface area is 167 Å². The molecule has 0 aliphatic heterocycles. The van der Waals surface area contributed by atoms with Gasteiger partial charge in [0.2, 0.25) is 0 Å². The van der Waals surface area contributed by atoms with Crippen molar-refractivity contribution in [3.05, 3.63) is 69.7 Å². The number of esters is 1. The molecule has 0 aliphatic rings. The van der Waals surface area contributed by atoms with Crippen molar-refractivity contribution >= 4 is 40.7 Å². The van der Waals surface area contributed by atoms with Crippen LogP contribution in [0.25, 0.3) is 0 Å². The van der Waals surface area contributed by atoms with Crippen molar-refractivity contribution in [3.8, 4) is 0 Å². The first-order chi connectivity index (χ1) is 12.9. The van der Waals surface area contributed by atoms with Crippen LogP contribution in [0.5, 0.6) is 0 Å². The number of rotatable bonds is 9. The number of benzene rings is 2. The Balaban J connectivity index is 2.02. The quantitative estimate of drug-likeness (QED) is 0.354. The zero-order chi connectivity index (χ0) is 19.8. The summed E-state index contributed by atoms with van der Waals surface area (Å²) in [5, 5.41) is 0.537. The fourth-order valence-electron chi connectivity index (χ4n) is 2.43. The molecule has 0 radical (unpaired) electrons. The second-order valence-corrected chi connectivity index (χ2v) is 6.62. The third-order valence-electron chi connectivity index (χ3n) is 3.85. The normalized spacial score (nSPS) is 11.7. The minimum Gasteiger partial charge on any atom is -0.468 e. The summed E-state index contributed by atoms with van der Waals surface area (Å²) in [6.07, 6.45) is -0.360. The van der Waals surface area contributed by atoms with E-state index in [9.17, 15) is 14.4 Å². The molecule has 0 spiro atoms. The summed E-state index contributed by atoms with van der Waals surface area (Å²) in [5.74, 6) is -3.04. The number of hydrogen-bond donors (Lipinski definition) is 0. The van der Waals surface area contributed by atoms with Crippen LogP contribution in [0, 0.1) is 5.92 Å². The minimum absolute atomic E-state index is 0.156. The van der Waals surface area contributed by atoms with Gasteiger partial charge in [-0.05, 0) is 23.8 Å².